The maximum absolute atomic E-state index is 12.2. The molecule has 1 aliphatic heterocycles. The molecule has 23 heavy (non-hydrogen) atoms. The van der Waals surface area contributed by atoms with Crippen molar-refractivity contribution in [2.75, 3.05) is 19.9 Å². The topological polar surface area (TPSA) is 54.9 Å². The molecule has 0 fully saturated rings. The normalized spacial score (nSPS) is 14.0. The molecule has 0 bridgehead atoms. The second-order valence-electron chi connectivity index (χ2n) is 4.80. The molecule has 1 aromatic rings. The van der Waals surface area contributed by atoms with Gasteiger partial charge in [0, 0.05) is 13.1 Å². The van der Waals surface area contributed by atoms with E-state index in [1.165, 1.54) is 0 Å². The van der Waals surface area contributed by atoms with Gasteiger partial charge in [0.2, 0.25) is 6.79 Å². The molecule has 0 saturated carbocycles. The summed E-state index contributed by atoms with van der Waals surface area (Å²) in [6.07, 6.45) is -5.12. The van der Waals surface area contributed by atoms with Gasteiger partial charge in [-0.1, -0.05) is 11.6 Å². The number of nitrogens with one attached hydrogen (secondary N) is 2. The van der Waals surface area contributed by atoms with Gasteiger partial charge >= 0.3 is 6.18 Å². The van der Waals surface area contributed by atoms with E-state index in [1.54, 1.807) is 12.1 Å². The molecule has 1 aliphatic rings. The van der Waals surface area contributed by atoms with Crippen LogP contribution in [0.5, 0.6) is 11.5 Å². The third kappa shape index (κ3) is 5.38. The van der Waals surface area contributed by atoms with E-state index in [4.69, 9.17) is 21.1 Å². The van der Waals surface area contributed by atoms with Crippen molar-refractivity contribution < 1.29 is 22.6 Å². The molecule has 1 heterocycles. The zero-order valence-electron chi connectivity index (χ0n) is 12.5. The molecule has 2 N–H and O–H groups in total. The van der Waals surface area contributed by atoms with Gasteiger partial charge in [0.1, 0.15) is 0 Å². The Morgan fingerprint density at radius 3 is 2.78 bits per heavy atom. The highest BCUT2D eigenvalue weighted by molar-refractivity contribution is 6.32. The third-order valence-corrected chi connectivity index (χ3v) is 3.23. The summed E-state index contributed by atoms with van der Waals surface area (Å²) in [5, 5.41) is 5.95. The zero-order chi connectivity index (χ0) is 16.9. The molecule has 5 nitrogen and oxygen atoms in total. The van der Waals surface area contributed by atoms with Crippen molar-refractivity contribution in [1.82, 2.24) is 10.6 Å². The van der Waals surface area contributed by atoms with Gasteiger partial charge < -0.3 is 20.1 Å². The van der Waals surface area contributed by atoms with Gasteiger partial charge in [0.25, 0.3) is 0 Å². The van der Waals surface area contributed by atoms with Gasteiger partial charge in [-0.3, -0.25) is 0 Å². The zero-order valence-corrected chi connectivity index (χ0v) is 13.2. The Bertz CT molecular complexity index is 579. The predicted molar refractivity (Wildman–Crippen MR) is 81.1 cm³/mol. The van der Waals surface area contributed by atoms with Gasteiger partial charge in [-0.15, -0.1) is 0 Å². The lowest BCUT2D eigenvalue weighted by Crippen LogP contribution is -2.38. The molecule has 0 unspecified atom stereocenters. The van der Waals surface area contributed by atoms with Crippen LogP contribution in [0.2, 0.25) is 5.02 Å². The lowest BCUT2D eigenvalue weighted by Gasteiger charge is -2.12. The molecule has 0 aromatic heterocycles. The first-order chi connectivity index (χ1) is 10.9. The van der Waals surface area contributed by atoms with E-state index in [0.29, 0.717) is 29.0 Å². The Morgan fingerprint density at radius 2 is 2.09 bits per heavy atom. The molecular weight excluding hydrogens is 335 g/mol. The molecule has 1 aromatic carbocycles. The average molecular weight is 352 g/mol. The van der Waals surface area contributed by atoms with E-state index in [0.717, 1.165) is 5.56 Å². The molecule has 0 amide bonds. The Kier molecular flexibility index (Phi) is 5.81. The standard InChI is InChI=1S/C14H17ClF3N3O2/c1-2-19-13(20-4-3-14(16,17)18)21-7-9-5-10(15)12-11(6-9)22-8-23-12/h5-6H,2-4,7-8H2,1H3,(H2,19,20,21). The molecule has 128 valence electrons. The summed E-state index contributed by atoms with van der Waals surface area (Å²) in [4.78, 5) is 4.24. The fourth-order valence-electron chi connectivity index (χ4n) is 1.95. The van der Waals surface area contributed by atoms with Crippen LogP contribution >= 0.6 is 11.6 Å². The summed E-state index contributed by atoms with van der Waals surface area (Å²) in [7, 11) is 0. The minimum atomic E-state index is -4.20. The first-order valence-corrected chi connectivity index (χ1v) is 7.44. The maximum atomic E-state index is 12.2. The van der Waals surface area contributed by atoms with E-state index in [1.807, 2.05) is 6.92 Å². The van der Waals surface area contributed by atoms with E-state index in [-0.39, 0.29) is 19.9 Å². The van der Waals surface area contributed by atoms with E-state index in [9.17, 15) is 13.2 Å². The van der Waals surface area contributed by atoms with Crippen LogP contribution in [0.4, 0.5) is 13.2 Å². The number of halogens is 4. The Hall–Kier alpha value is -1.83. The van der Waals surface area contributed by atoms with E-state index >= 15 is 0 Å². The van der Waals surface area contributed by atoms with Crippen LogP contribution in [0.3, 0.4) is 0 Å². The highest BCUT2D eigenvalue weighted by atomic mass is 35.5. The van der Waals surface area contributed by atoms with Crippen molar-refractivity contribution in [1.29, 1.82) is 0 Å². The number of guanidine groups is 1. The molecule has 9 heteroatoms. The summed E-state index contributed by atoms with van der Waals surface area (Å²) in [6, 6.07) is 3.44. The number of alkyl halides is 3. The number of ether oxygens (including phenoxy) is 2. The van der Waals surface area contributed by atoms with Crippen LogP contribution in [0, 0.1) is 0 Å². The summed E-state index contributed by atoms with van der Waals surface area (Å²) in [5.41, 5.74) is 0.771. The summed E-state index contributed by atoms with van der Waals surface area (Å²) in [5.74, 6) is 1.35. The van der Waals surface area contributed by atoms with Crippen molar-refractivity contribution in [3.63, 3.8) is 0 Å². The van der Waals surface area contributed by atoms with Crippen molar-refractivity contribution in [2.24, 2.45) is 4.99 Å². The fraction of sp³-hybridized carbons (Fsp3) is 0.500. The van der Waals surface area contributed by atoms with Crippen molar-refractivity contribution >= 4 is 17.6 Å². The Balaban J connectivity index is 1.98. The smallest absolute Gasteiger partial charge is 0.390 e. The Morgan fingerprint density at radius 1 is 1.30 bits per heavy atom. The van der Waals surface area contributed by atoms with Crippen molar-refractivity contribution in [3.05, 3.63) is 22.7 Å². The number of nitrogens with zero attached hydrogens (tertiary/aromatic N) is 1. The van der Waals surface area contributed by atoms with Crippen LogP contribution in [0.25, 0.3) is 0 Å². The number of rotatable bonds is 5. The molecular formula is C14H17ClF3N3O2. The molecule has 0 saturated heterocycles. The number of hydrogen-bond donors (Lipinski definition) is 2. The summed E-state index contributed by atoms with van der Waals surface area (Å²) >= 11 is 6.08. The largest absolute Gasteiger partial charge is 0.454 e. The van der Waals surface area contributed by atoms with Gasteiger partial charge in [-0.2, -0.15) is 13.2 Å². The lowest BCUT2D eigenvalue weighted by molar-refractivity contribution is -0.132. The van der Waals surface area contributed by atoms with Crippen LogP contribution < -0.4 is 20.1 Å². The molecule has 2 rings (SSSR count). The highest BCUT2D eigenvalue weighted by Gasteiger charge is 2.26. The molecule has 0 atom stereocenters. The van der Waals surface area contributed by atoms with Crippen molar-refractivity contribution in [2.45, 2.75) is 26.1 Å². The summed E-state index contributed by atoms with van der Waals surface area (Å²) in [6.45, 7) is 2.50. The van der Waals surface area contributed by atoms with Crippen LogP contribution in [-0.4, -0.2) is 32.0 Å². The summed E-state index contributed by atoms with van der Waals surface area (Å²) < 4.78 is 47.0. The number of aliphatic imine (C=N–C) groups is 1. The minimum Gasteiger partial charge on any atom is -0.454 e. The van der Waals surface area contributed by atoms with Crippen LogP contribution in [0.15, 0.2) is 17.1 Å². The molecule has 0 aliphatic carbocycles. The first-order valence-electron chi connectivity index (χ1n) is 7.06. The second kappa shape index (κ2) is 7.63. The van der Waals surface area contributed by atoms with Gasteiger partial charge in [0.15, 0.2) is 17.5 Å². The van der Waals surface area contributed by atoms with Crippen molar-refractivity contribution in [3.8, 4) is 11.5 Å². The van der Waals surface area contributed by atoms with Gasteiger partial charge in [-0.05, 0) is 24.6 Å². The van der Waals surface area contributed by atoms with Gasteiger partial charge in [-0.25, -0.2) is 4.99 Å². The SMILES string of the molecule is CCNC(=NCc1cc(Cl)c2c(c1)OCO2)NCCC(F)(F)F. The average Bonchev–Trinajstić information content (AvgIpc) is 2.92. The minimum absolute atomic E-state index is 0.114. The fourth-order valence-corrected chi connectivity index (χ4v) is 2.23. The first kappa shape index (κ1) is 17.5. The monoisotopic (exact) mass is 351 g/mol. The second-order valence-corrected chi connectivity index (χ2v) is 5.21. The van der Waals surface area contributed by atoms with Crippen LogP contribution in [-0.2, 0) is 6.54 Å². The number of fused-ring (bicyclic) bond motifs is 1. The number of benzene rings is 1. The van der Waals surface area contributed by atoms with Crippen LogP contribution in [0.1, 0.15) is 18.9 Å². The highest BCUT2D eigenvalue weighted by Crippen LogP contribution is 2.39. The third-order valence-electron chi connectivity index (χ3n) is 2.95. The number of hydrogen-bond acceptors (Lipinski definition) is 3. The Labute approximate surface area is 136 Å². The quantitative estimate of drug-likeness (QED) is 0.632. The predicted octanol–water partition coefficient (Wildman–Crippen LogP) is 3.08. The van der Waals surface area contributed by atoms with Gasteiger partial charge in [0.05, 0.1) is 18.0 Å². The van der Waals surface area contributed by atoms with E-state index < -0.39 is 12.6 Å². The molecule has 0 radical (unpaired) electrons. The molecule has 0 spiro atoms. The maximum Gasteiger partial charge on any atom is 0.390 e. The lowest BCUT2D eigenvalue weighted by atomic mass is 10.2. The van der Waals surface area contributed by atoms with E-state index in [2.05, 4.69) is 15.6 Å².